The van der Waals surface area contributed by atoms with Crippen molar-refractivity contribution in [1.82, 2.24) is 14.9 Å². The van der Waals surface area contributed by atoms with Gasteiger partial charge in [0.25, 0.3) is 0 Å². The van der Waals surface area contributed by atoms with Gasteiger partial charge in [0.2, 0.25) is 5.95 Å². The summed E-state index contributed by atoms with van der Waals surface area (Å²) in [5.41, 5.74) is 1.63. The highest BCUT2D eigenvalue weighted by atomic mass is 16.5. The molecular weight excluding hydrogens is 306 g/mol. The molecule has 0 bridgehead atoms. The number of aromatic nitrogens is 2. The van der Waals surface area contributed by atoms with E-state index in [-0.39, 0.29) is 12.1 Å². The smallest absolute Gasteiger partial charge is 0.322 e. The van der Waals surface area contributed by atoms with E-state index in [9.17, 15) is 4.79 Å². The number of rotatable bonds is 3. The Labute approximate surface area is 141 Å². The first-order valence-corrected chi connectivity index (χ1v) is 7.85. The van der Waals surface area contributed by atoms with Gasteiger partial charge in [0.1, 0.15) is 0 Å². The zero-order valence-electron chi connectivity index (χ0n) is 13.8. The van der Waals surface area contributed by atoms with E-state index < -0.39 is 0 Å². The van der Waals surface area contributed by atoms with E-state index in [1.807, 2.05) is 44.4 Å². The molecule has 3 rings (SSSR count). The van der Waals surface area contributed by atoms with Gasteiger partial charge in [-0.15, -0.1) is 0 Å². The molecular formula is C17H21N5O2. The maximum atomic E-state index is 12.7. The second-order valence-corrected chi connectivity index (χ2v) is 5.79. The predicted molar refractivity (Wildman–Crippen MR) is 92.1 cm³/mol. The molecule has 7 heteroatoms. The van der Waals surface area contributed by atoms with Crippen LogP contribution in [-0.4, -0.2) is 54.8 Å². The number of carbonyl (C=O) groups excluding carboxylic acids is 1. The van der Waals surface area contributed by atoms with E-state index in [1.165, 1.54) is 0 Å². The van der Waals surface area contributed by atoms with Gasteiger partial charge in [-0.3, -0.25) is 0 Å². The van der Waals surface area contributed by atoms with Gasteiger partial charge < -0.3 is 19.9 Å². The number of ether oxygens (including phenoxy) is 1. The minimum Gasteiger partial charge on any atom is -0.377 e. The Hall–Kier alpha value is -2.67. The molecule has 24 heavy (non-hydrogen) atoms. The van der Waals surface area contributed by atoms with E-state index in [0.717, 1.165) is 5.56 Å². The molecule has 1 aliphatic heterocycles. The number of carbonyl (C=O) groups is 1. The third kappa shape index (κ3) is 3.62. The lowest BCUT2D eigenvalue weighted by Gasteiger charge is -2.35. The van der Waals surface area contributed by atoms with Crippen LogP contribution < -0.4 is 10.2 Å². The normalized spacial score (nSPS) is 17.4. The first-order valence-electron chi connectivity index (χ1n) is 7.85. The molecule has 1 atom stereocenters. The maximum Gasteiger partial charge on any atom is 0.322 e. The summed E-state index contributed by atoms with van der Waals surface area (Å²) in [6.07, 6.45) is 3.22. The van der Waals surface area contributed by atoms with Crippen LogP contribution in [0.5, 0.6) is 0 Å². The first kappa shape index (κ1) is 16.2. The Bertz CT molecular complexity index is 675. The van der Waals surface area contributed by atoms with Gasteiger partial charge in [0, 0.05) is 20.6 Å². The van der Waals surface area contributed by atoms with E-state index >= 15 is 0 Å². The summed E-state index contributed by atoms with van der Waals surface area (Å²) in [6, 6.07) is 9.64. The Balaban J connectivity index is 1.72. The largest absolute Gasteiger partial charge is 0.377 e. The van der Waals surface area contributed by atoms with Gasteiger partial charge in [-0.2, -0.15) is 0 Å². The fourth-order valence-corrected chi connectivity index (χ4v) is 2.61. The van der Waals surface area contributed by atoms with Crippen LogP contribution in [0.4, 0.5) is 16.4 Å². The fourth-order valence-electron chi connectivity index (χ4n) is 2.61. The van der Waals surface area contributed by atoms with Gasteiger partial charge in [-0.1, -0.05) is 30.3 Å². The number of nitrogens with one attached hydrogen (secondary N) is 1. The Morgan fingerprint density at radius 3 is 2.62 bits per heavy atom. The molecule has 1 aromatic heterocycles. The number of hydrogen-bond acceptors (Lipinski definition) is 5. The highest BCUT2D eigenvalue weighted by molar-refractivity contribution is 5.89. The molecule has 1 saturated heterocycles. The summed E-state index contributed by atoms with van der Waals surface area (Å²) in [4.78, 5) is 24.7. The molecule has 0 unspecified atom stereocenters. The number of morpholine rings is 1. The van der Waals surface area contributed by atoms with Crippen molar-refractivity contribution < 1.29 is 9.53 Å². The van der Waals surface area contributed by atoms with E-state index in [1.54, 1.807) is 22.2 Å². The Morgan fingerprint density at radius 1 is 1.25 bits per heavy atom. The van der Waals surface area contributed by atoms with E-state index in [0.29, 0.717) is 31.4 Å². The topological polar surface area (TPSA) is 70.6 Å². The lowest BCUT2D eigenvalue weighted by atomic mass is 10.1. The lowest BCUT2D eigenvalue weighted by molar-refractivity contribution is 0.0148. The molecule has 1 fully saturated rings. The summed E-state index contributed by atoms with van der Waals surface area (Å²) in [5.74, 6) is 0.599. The van der Waals surface area contributed by atoms with Crippen molar-refractivity contribution in [2.24, 2.45) is 0 Å². The van der Waals surface area contributed by atoms with E-state index in [2.05, 4.69) is 15.3 Å². The average molecular weight is 327 g/mol. The van der Waals surface area contributed by atoms with Crippen LogP contribution in [0.3, 0.4) is 0 Å². The van der Waals surface area contributed by atoms with Crippen LogP contribution in [-0.2, 0) is 4.74 Å². The number of amides is 2. The summed E-state index contributed by atoms with van der Waals surface area (Å²) in [7, 11) is 3.73. The van der Waals surface area contributed by atoms with Crippen molar-refractivity contribution in [3.8, 4) is 0 Å². The SMILES string of the molecule is CN(C)c1ncc(NC(=O)N2CCOC[C@H]2c2ccccc2)cn1. The lowest BCUT2D eigenvalue weighted by Crippen LogP contribution is -2.45. The standard InChI is InChI=1S/C17H21N5O2/c1-21(2)16-18-10-14(11-19-16)20-17(23)22-8-9-24-12-15(22)13-6-4-3-5-7-13/h3-7,10-11,15H,8-9,12H2,1-2H3,(H,20,23)/t15-/m0/s1. The van der Waals surface area contributed by atoms with Gasteiger partial charge >= 0.3 is 6.03 Å². The van der Waals surface area contributed by atoms with Gasteiger partial charge in [-0.25, -0.2) is 14.8 Å². The van der Waals surface area contributed by atoms with Crippen molar-refractivity contribution >= 4 is 17.7 Å². The maximum absolute atomic E-state index is 12.7. The van der Waals surface area contributed by atoms with Crippen LogP contribution >= 0.6 is 0 Å². The van der Waals surface area contributed by atoms with Crippen LogP contribution in [0.15, 0.2) is 42.7 Å². The molecule has 2 amide bonds. The zero-order chi connectivity index (χ0) is 16.9. The predicted octanol–water partition coefficient (Wildman–Crippen LogP) is 2.15. The highest BCUT2D eigenvalue weighted by Gasteiger charge is 2.28. The summed E-state index contributed by atoms with van der Waals surface area (Å²) < 4.78 is 5.56. The zero-order valence-corrected chi connectivity index (χ0v) is 13.8. The number of anilines is 2. The van der Waals surface area contributed by atoms with Crippen molar-refractivity contribution in [2.75, 3.05) is 44.1 Å². The monoisotopic (exact) mass is 327 g/mol. The number of nitrogens with zero attached hydrogens (tertiary/aromatic N) is 4. The minimum absolute atomic E-state index is 0.0954. The third-order valence-electron chi connectivity index (χ3n) is 3.86. The molecule has 2 heterocycles. The minimum atomic E-state index is -0.173. The van der Waals surface area contributed by atoms with Gasteiger partial charge in [-0.05, 0) is 5.56 Å². The molecule has 126 valence electrons. The Kier molecular flexibility index (Phi) is 4.90. The summed E-state index contributed by atoms with van der Waals surface area (Å²) in [5, 5.41) is 2.87. The molecule has 0 spiro atoms. The number of benzene rings is 1. The molecule has 0 saturated carbocycles. The van der Waals surface area contributed by atoms with E-state index in [4.69, 9.17) is 4.74 Å². The van der Waals surface area contributed by atoms with Gasteiger partial charge in [0.05, 0.1) is 37.3 Å². The summed E-state index contributed by atoms with van der Waals surface area (Å²) in [6.45, 7) is 1.57. The fraction of sp³-hybridized carbons (Fsp3) is 0.353. The molecule has 0 radical (unpaired) electrons. The van der Waals surface area contributed by atoms with Crippen molar-refractivity contribution in [2.45, 2.75) is 6.04 Å². The molecule has 1 aromatic carbocycles. The average Bonchev–Trinajstić information content (AvgIpc) is 2.63. The second-order valence-electron chi connectivity index (χ2n) is 5.79. The third-order valence-corrected chi connectivity index (χ3v) is 3.86. The second kappa shape index (κ2) is 7.27. The summed E-state index contributed by atoms with van der Waals surface area (Å²) >= 11 is 0. The van der Waals surface area contributed by atoms with Crippen LogP contribution in [0.1, 0.15) is 11.6 Å². The van der Waals surface area contributed by atoms with Crippen molar-refractivity contribution in [1.29, 1.82) is 0 Å². The Morgan fingerprint density at radius 2 is 1.96 bits per heavy atom. The number of urea groups is 1. The van der Waals surface area contributed by atoms with Crippen molar-refractivity contribution in [3.05, 3.63) is 48.3 Å². The molecule has 2 aromatic rings. The van der Waals surface area contributed by atoms with Gasteiger partial charge in [0.15, 0.2) is 0 Å². The molecule has 7 nitrogen and oxygen atoms in total. The quantitative estimate of drug-likeness (QED) is 0.935. The van der Waals surface area contributed by atoms with Crippen molar-refractivity contribution in [3.63, 3.8) is 0 Å². The molecule has 0 aliphatic carbocycles. The highest BCUT2D eigenvalue weighted by Crippen LogP contribution is 2.24. The first-order chi connectivity index (χ1) is 11.6. The van der Waals surface area contributed by atoms with Crippen LogP contribution in [0.25, 0.3) is 0 Å². The molecule has 1 aliphatic rings. The van der Waals surface area contributed by atoms with Crippen LogP contribution in [0.2, 0.25) is 0 Å². The number of hydrogen-bond donors (Lipinski definition) is 1. The molecule has 1 N–H and O–H groups in total. The van der Waals surface area contributed by atoms with Crippen LogP contribution in [0, 0.1) is 0 Å².